The highest BCUT2D eigenvalue weighted by molar-refractivity contribution is 6.66. The number of hydrogen-bond acceptors (Lipinski definition) is 4. The predicted molar refractivity (Wildman–Crippen MR) is 124 cm³/mol. The Kier molecular flexibility index (Phi) is 5.42. The van der Waals surface area contributed by atoms with E-state index in [1.165, 1.54) is 0 Å². The second-order valence-corrected chi connectivity index (χ2v) is 7.73. The lowest BCUT2D eigenvalue weighted by Crippen LogP contribution is -2.21. The summed E-state index contributed by atoms with van der Waals surface area (Å²) in [6, 6.07) is 19.8. The average Bonchev–Trinajstić information content (AvgIpc) is 2.75. The predicted octanol–water partition coefficient (Wildman–Crippen LogP) is 3.98. The molecule has 0 bridgehead atoms. The molecule has 0 fully saturated rings. The average molecular weight is 414 g/mol. The quantitative estimate of drug-likeness (QED) is 0.304. The molecular weight excluding hydrogens is 391 g/mol. The fraction of sp³-hybridized carbons (Fsp3) is 0.167. The maximum atomic E-state index is 10.7. The summed E-state index contributed by atoms with van der Waals surface area (Å²) in [5, 5.41) is 10.8. The number of fused-ring (bicyclic) bond motifs is 2. The first-order chi connectivity index (χ1) is 14.8. The van der Waals surface area contributed by atoms with Crippen molar-refractivity contribution in [3.8, 4) is 28.2 Å². The first kappa shape index (κ1) is 20.5. The zero-order valence-electron chi connectivity index (χ0n) is 17.9. The first-order valence-electron chi connectivity index (χ1n) is 9.85. The molecule has 7 heteroatoms. The Morgan fingerprint density at radius 3 is 2.42 bits per heavy atom. The van der Waals surface area contributed by atoms with Gasteiger partial charge in [-0.3, -0.25) is 4.79 Å². The maximum absolute atomic E-state index is 10.7. The molecule has 2 aromatic rings. The summed E-state index contributed by atoms with van der Waals surface area (Å²) < 4.78 is 13.5. The van der Waals surface area contributed by atoms with Crippen LogP contribution in [0.15, 0.2) is 65.1 Å². The smallest absolute Gasteiger partial charge is 0.510 e. The zero-order chi connectivity index (χ0) is 22.1. The summed E-state index contributed by atoms with van der Waals surface area (Å²) in [5.74, 6) is 0.133. The molecule has 6 nitrogen and oxygen atoms in total. The molecule has 1 aliphatic carbocycles. The third kappa shape index (κ3) is 4.12. The Morgan fingerprint density at radius 2 is 1.77 bits per heavy atom. The van der Waals surface area contributed by atoms with Crippen molar-refractivity contribution in [3.63, 3.8) is 0 Å². The Labute approximate surface area is 181 Å². The lowest BCUT2D eigenvalue weighted by molar-refractivity contribution is 0.217. The summed E-state index contributed by atoms with van der Waals surface area (Å²) in [6.45, 7) is 0. The van der Waals surface area contributed by atoms with Gasteiger partial charge in [-0.05, 0) is 35.9 Å². The second kappa shape index (κ2) is 8.18. The topological polar surface area (TPSA) is 65.9 Å². The van der Waals surface area contributed by atoms with E-state index >= 15 is 0 Å². The molecule has 31 heavy (non-hydrogen) atoms. The molecule has 0 saturated heterocycles. The molecule has 1 heterocycles. The highest BCUT2D eigenvalue weighted by Crippen LogP contribution is 2.41. The van der Waals surface area contributed by atoms with Crippen LogP contribution in [0.1, 0.15) is 0 Å². The molecule has 1 radical (unpaired) electrons. The first-order valence-corrected chi connectivity index (χ1v) is 9.85. The van der Waals surface area contributed by atoms with Crippen molar-refractivity contribution in [2.45, 2.75) is 0 Å². The molecule has 0 amide bonds. The Morgan fingerprint density at radius 1 is 1.03 bits per heavy atom. The van der Waals surface area contributed by atoms with Crippen molar-refractivity contribution in [2.75, 3.05) is 33.1 Å². The van der Waals surface area contributed by atoms with Crippen LogP contribution in [-0.2, 0) is 0 Å². The van der Waals surface area contributed by atoms with Crippen LogP contribution in [0.5, 0.6) is 5.75 Å². The number of hydrogen-bond donors (Lipinski definition) is 1. The summed E-state index contributed by atoms with van der Waals surface area (Å²) >= 11 is 0. The molecule has 0 aromatic heterocycles. The van der Waals surface area contributed by atoms with E-state index in [2.05, 4.69) is 24.3 Å². The van der Waals surface area contributed by atoms with Crippen LogP contribution in [0.3, 0.4) is 0 Å². The van der Waals surface area contributed by atoms with Crippen LogP contribution in [0.2, 0.25) is 0 Å². The van der Waals surface area contributed by atoms with Gasteiger partial charge in [-0.2, -0.15) is 0 Å². The van der Waals surface area contributed by atoms with Crippen molar-refractivity contribution in [1.29, 1.82) is 0 Å². The summed E-state index contributed by atoms with van der Waals surface area (Å²) in [6.07, 6.45) is 0. The van der Waals surface area contributed by atoms with Crippen molar-refractivity contribution in [2.24, 2.45) is 0 Å². The molecule has 0 spiro atoms. The van der Waals surface area contributed by atoms with E-state index in [-0.39, 0.29) is 0 Å². The Hall–Kier alpha value is -3.74. The number of rotatable bonds is 5. The zero-order valence-corrected chi connectivity index (χ0v) is 17.9. The molecule has 155 valence electrons. The van der Waals surface area contributed by atoms with Crippen molar-refractivity contribution < 1.29 is 19.0 Å². The minimum absolute atomic E-state index is 0.463. The van der Waals surface area contributed by atoms with Crippen LogP contribution in [-0.4, -0.2) is 46.6 Å². The molecule has 2 aliphatic rings. The van der Waals surface area contributed by atoms with Gasteiger partial charge in [-0.15, -0.1) is 0 Å². The van der Waals surface area contributed by atoms with E-state index in [0.717, 1.165) is 51.9 Å². The van der Waals surface area contributed by atoms with Gasteiger partial charge in [0, 0.05) is 48.4 Å². The van der Waals surface area contributed by atoms with Gasteiger partial charge in [0.05, 0.1) is 11.8 Å². The second-order valence-electron chi connectivity index (χ2n) is 7.73. The summed E-state index contributed by atoms with van der Waals surface area (Å²) in [5.41, 5.74) is 4.90. The van der Waals surface area contributed by atoms with E-state index in [0.29, 0.717) is 5.75 Å². The highest BCUT2D eigenvalue weighted by Gasteiger charge is 2.18. The van der Waals surface area contributed by atoms with Crippen molar-refractivity contribution in [3.05, 3.63) is 66.0 Å². The molecule has 0 atom stereocenters. The van der Waals surface area contributed by atoms with Gasteiger partial charge in [0.15, 0.2) is 0 Å². The Bertz CT molecular complexity index is 1310. The lowest BCUT2D eigenvalue weighted by Gasteiger charge is -2.18. The van der Waals surface area contributed by atoms with E-state index in [9.17, 15) is 4.79 Å². The van der Waals surface area contributed by atoms with Crippen molar-refractivity contribution >= 4 is 30.0 Å². The largest absolute Gasteiger partial charge is 0.553 e. The van der Waals surface area contributed by atoms with Gasteiger partial charge < -0.3 is 19.1 Å². The van der Waals surface area contributed by atoms with E-state index in [1.807, 2.05) is 61.9 Å². The number of anilines is 1. The van der Waals surface area contributed by atoms with E-state index in [1.54, 1.807) is 12.1 Å². The minimum Gasteiger partial charge on any atom is -0.553 e. The molecular formula is C24H23BN2O4+. The molecule has 4 rings (SSSR count). The number of carbonyl (C=O) groups is 1. The summed E-state index contributed by atoms with van der Waals surface area (Å²) in [7, 11) is 8.77. The molecule has 2 aromatic carbocycles. The van der Waals surface area contributed by atoms with E-state index < -0.39 is 5.87 Å². The highest BCUT2D eigenvalue weighted by atomic mass is 16.5. The van der Waals surface area contributed by atoms with Crippen LogP contribution in [0, 0.1) is 0 Å². The fourth-order valence-electron chi connectivity index (χ4n) is 3.55. The van der Waals surface area contributed by atoms with Gasteiger partial charge in [0.1, 0.15) is 25.4 Å². The van der Waals surface area contributed by atoms with Gasteiger partial charge in [0.2, 0.25) is 5.36 Å². The SMILES string of the molecule is CN(C)c1ccc2c(-c3ccc(O[B]C(=O)O)cc3)c3ccc(=[N+](C)C)cc-3oc2c1. The minimum atomic E-state index is -1.13. The van der Waals surface area contributed by atoms with Gasteiger partial charge in [-0.1, -0.05) is 12.1 Å². The third-order valence-electron chi connectivity index (χ3n) is 5.16. The number of carboxylic acid groups (broad SMARTS) is 1. The maximum Gasteiger partial charge on any atom is 0.510 e. The summed E-state index contributed by atoms with van der Waals surface area (Å²) in [4.78, 5) is 12.7. The van der Waals surface area contributed by atoms with Crippen molar-refractivity contribution in [1.82, 2.24) is 4.58 Å². The number of nitrogens with zero attached hydrogens (tertiary/aromatic N) is 2. The van der Waals surface area contributed by atoms with Crippen LogP contribution in [0.25, 0.3) is 33.4 Å². The fourth-order valence-corrected chi connectivity index (χ4v) is 3.55. The number of benzene rings is 3. The molecule has 0 saturated carbocycles. The van der Waals surface area contributed by atoms with Gasteiger partial charge in [0.25, 0.3) is 5.87 Å². The van der Waals surface area contributed by atoms with E-state index in [4.69, 9.17) is 14.2 Å². The van der Waals surface area contributed by atoms with Crippen LogP contribution in [0.4, 0.5) is 10.5 Å². The molecule has 1 N–H and O–H groups in total. The van der Waals surface area contributed by atoms with Gasteiger partial charge in [-0.25, -0.2) is 4.58 Å². The standard InChI is InChI=1S/C24H22BN2O4/c1-26(2)16-7-11-19-21(13-16)30-22-14-17(27(3)4)8-12-20(22)23(19)15-5-9-18(10-6-15)31-25-24(28)29/h5-14H,1-4H3/p+1. The third-order valence-corrected chi connectivity index (χ3v) is 5.16. The van der Waals surface area contributed by atoms with Gasteiger partial charge >= 0.3 is 7.48 Å². The monoisotopic (exact) mass is 414 g/mol. The normalized spacial score (nSPS) is 10.8. The van der Waals surface area contributed by atoms with Crippen LogP contribution >= 0.6 is 0 Å². The molecule has 0 unspecified atom stereocenters. The lowest BCUT2D eigenvalue weighted by atomic mass is 9.93. The Balaban J connectivity index is 1.95. The molecule has 1 aliphatic heterocycles. The van der Waals surface area contributed by atoms with Crippen LogP contribution < -0.4 is 19.5 Å².